The van der Waals surface area contributed by atoms with Gasteiger partial charge < -0.3 is 0 Å². The van der Waals surface area contributed by atoms with Crippen molar-refractivity contribution < 1.29 is 0 Å². The third-order valence-electron chi connectivity index (χ3n) is 6.93. The van der Waals surface area contributed by atoms with Crippen LogP contribution in [0.2, 0.25) is 5.15 Å². The molecule has 2 bridgehead atoms. The van der Waals surface area contributed by atoms with Crippen molar-refractivity contribution >= 4 is 23.5 Å². The Bertz CT molecular complexity index is 894. The van der Waals surface area contributed by atoms with Gasteiger partial charge in [-0.15, -0.1) is 0 Å². The van der Waals surface area contributed by atoms with Gasteiger partial charge in [0, 0.05) is 11.1 Å². The van der Waals surface area contributed by atoms with E-state index in [-0.39, 0.29) is 5.41 Å². The summed E-state index contributed by atoms with van der Waals surface area (Å²) in [6, 6.07) is 9.89. The lowest BCUT2D eigenvalue weighted by Crippen LogP contribution is -2.32. The van der Waals surface area contributed by atoms with Gasteiger partial charge in [-0.25, -0.2) is 4.68 Å². The van der Waals surface area contributed by atoms with Gasteiger partial charge in [-0.3, -0.25) is 0 Å². The van der Waals surface area contributed by atoms with Gasteiger partial charge in [0.05, 0.1) is 23.2 Å². The molecule has 2 aliphatic carbocycles. The number of aryl methyl sites for hydroxylation is 1. The molecular formula is C21H25ClN4. The van der Waals surface area contributed by atoms with E-state index in [9.17, 15) is 0 Å². The fourth-order valence-electron chi connectivity index (χ4n) is 4.63. The van der Waals surface area contributed by atoms with Crippen LogP contribution < -0.4 is 0 Å². The van der Waals surface area contributed by atoms with Crippen molar-refractivity contribution in [1.82, 2.24) is 9.78 Å². The van der Waals surface area contributed by atoms with Gasteiger partial charge in [0.2, 0.25) is 0 Å². The first-order valence-electron chi connectivity index (χ1n) is 9.25. The summed E-state index contributed by atoms with van der Waals surface area (Å²) in [5, 5.41) is 14.1. The van der Waals surface area contributed by atoms with E-state index < -0.39 is 0 Å². The van der Waals surface area contributed by atoms with E-state index in [1.807, 2.05) is 37.3 Å². The topological polar surface area (TPSA) is 42.5 Å². The normalized spacial score (nSPS) is 28.5. The molecule has 2 aromatic rings. The zero-order chi connectivity index (χ0) is 18.5. The second kappa shape index (κ2) is 6.05. The van der Waals surface area contributed by atoms with Crippen molar-refractivity contribution in [1.29, 1.82) is 0 Å². The smallest absolute Gasteiger partial charge is 0.142 e. The Labute approximate surface area is 160 Å². The molecule has 2 aliphatic rings. The number of nitrogens with zero attached hydrogens (tertiary/aromatic N) is 4. The maximum Gasteiger partial charge on any atom is 0.142 e. The number of aromatic nitrogens is 2. The molecule has 4 rings (SSSR count). The van der Waals surface area contributed by atoms with Gasteiger partial charge in [-0.2, -0.15) is 15.3 Å². The molecule has 0 saturated heterocycles. The standard InChI is InChI=1S/C21H25ClN4/c1-14-17(19(22)26(25-14)16-8-6-5-7-9-16)13-23-24-18-12-15-10-11-21(18,4)20(15,2)3/h5-9,13,15H,10-12H2,1-4H3/b23-13+,24-18+. The number of hydrogen-bond donors (Lipinski definition) is 0. The Morgan fingerprint density at radius 2 is 1.96 bits per heavy atom. The van der Waals surface area contributed by atoms with Crippen molar-refractivity contribution in [2.24, 2.45) is 27.0 Å². The van der Waals surface area contributed by atoms with Crippen LogP contribution in [0, 0.1) is 23.7 Å². The van der Waals surface area contributed by atoms with Crippen LogP contribution >= 0.6 is 11.6 Å². The lowest BCUT2D eigenvalue weighted by molar-refractivity contribution is 0.194. The molecule has 5 heteroatoms. The largest absolute Gasteiger partial charge is 0.221 e. The molecule has 1 heterocycles. The molecule has 136 valence electrons. The number of para-hydroxylation sites is 1. The van der Waals surface area contributed by atoms with Crippen molar-refractivity contribution in [3.8, 4) is 5.69 Å². The molecule has 0 aliphatic heterocycles. The maximum absolute atomic E-state index is 6.56. The molecule has 1 aromatic heterocycles. The summed E-state index contributed by atoms with van der Waals surface area (Å²) in [6.45, 7) is 9.05. The molecular weight excluding hydrogens is 344 g/mol. The van der Waals surface area contributed by atoms with E-state index in [1.54, 1.807) is 10.9 Å². The third kappa shape index (κ3) is 2.46. The van der Waals surface area contributed by atoms with Crippen molar-refractivity contribution in [3.63, 3.8) is 0 Å². The quantitative estimate of drug-likeness (QED) is 0.524. The molecule has 1 aromatic carbocycles. The number of halogens is 1. The van der Waals surface area contributed by atoms with Crippen LogP contribution in [0.3, 0.4) is 0 Å². The minimum Gasteiger partial charge on any atom is -0.221 e. The number of fused-ring (bicyclic) bond motifs is 2. The van der Waals surface area contributed by atoms with E-state index in [2.05, 4.69) is 36.1 Å². The molecule has 0 amide bonds. The number of rotatable bonds is 3. The highest BCUT2D eigenvalue weighted by atomic mass is 35.5. The highest BCUT2D eigenvalue weighted by Gasteiger charge is 2.59. The number of benzene rings is 1. The fourth-order valence-corrected chi connectivity index (χ4v) is 4.95. The molecule has 0 spiro atoms. The summed E-state index contributed by atoms with van der Waals surface area (Å²) in [5.74, 6) is 0.729. The van der Waals surface area contributed by atoms with Crippen LogP contribution in [-0.2, 0) is 0 Å². The summed E-state index contributed by atoms with van der Waals surface area (Å²) < 4.78 is 1.74. The Morgan fingerprint density at radius 3 is 2.58 bits per heavy atom. The molecule has 2 saturated carbocycles. The Kier molecular flexibility index (Phi) is 4.07. The van der Waals surface area contributed by atoms with Gasteiger partial charge in [0.15, 0.2) is 0 Å². The zero-order valence-electron chi connectivity index (χ0n) is 15.8. The van der Waals surface area contributed by atoms with Gasteiger partial charge >= 0.3 is 0 Å². The lowest BCUT2D eigenvalue weighted by atomic mass is 9.70. The Morgan fingerprint density at radius 1 is 1.23 bits per heavy atom. The summed E-state index contributed by atoms with van der Waals surface area (Å²) in [5.41, 5.74) is 4.33. The minimum absolute atomic E-state index is 0.169. The van der Waals surface area contributed by atoms with Crippen molar-refractivity contribution in [2.75, 3.05) is 0 Å². The second-order valence-corrected chi connectivity index (χ2v) is 8.68. The Balaban J connectivity index is 1.62. The molecule has 2 atom stereocenters. The predicted molar refractivity (Wildman–Crippen MR) is 108 cm³/mol. The van der Waals surface area contributed by atoms with Crippen molar-refractivity contribution in [2.45, 2.75) is 47.0 Å². The molecule has 2 fully saturated rings. The first-order chi connectivity index (χ1) is 12.3. The third-order valence-corrected chi connectivity index (χ3v) is 7.29. The summed E-state index contributed by atoms with van der Waals surface area (Å²) in [4.78, 5) is 0. The molecule has 0 N–H and O–H groups in total. The van der Waals surface area contributed by atoms with E-state index in [0.29, 0.717) is 10.6 Å². The molecule has 0 radical (unpaired) electrons. The van der Waals surface area contributed by atoms with Crippen LogP contribution in [0.1, 0.15) is 51.3 Å². The van der Waals surface area contributed by atoms with E-state index in [0.717, 1.165) is 29.3 Å². The van der Waals surface area contributed by atoms with Crippen LogP contribution in [0.15, 0.2) is 40.5 Å². The average molecular weight is 369 g/mol. The van der Waals surface area contributed by atoms with Gasteiger partial charge in [-0.1, -0.05) is 50.6 Å². The SMILES string of the molecule is Cc1nn(-c2ccccc2)c(Cl)c1/C=N/N=C1\CC2CCC1(C)C2(C)C. The van der Waals surface area contributed by atoms with E-state index in [4.69, 9.17) is 11.6 Å². The lowest BCUT2D eigenvalue weighted by Gasteiger charge is -2.34. The fraction of sp³-hybridized carbons (Fsp3) is 0.476. The molecule has 2 unspecified atom stereocenters. The zero-order valence-corrected chi connectivity index (χ0v) is 16.6. The maximum atomic E-state index is 6.56. The minimum atomic E-state index is 0.169. The highest BCUT2D eigenvalue weighted by Crippen LogP contribution is 2.63. The first-order valence-corrected chi connectivity index (χ1v) is 9.63. The van der Waals surface area contributed by atoms with E-state index >= 15 is 0 Å². The average Bonchev–Trinajstić information content (AvgIpc) is 3.10. The number of hydrogen-bond acceptors (Lipinski definition) is 3. The van der Waals surface area contributed by atoms with Crippen LogP contribution in [0.25, 0.3) is 5.69 Å². The molecule has 4 nitrogen and oxygen atoms in total. The van der Waals surface area contributed by atoms with Gasteiger partial charge in [0.25, 0.3) is 0 Å². The van der Waals surface area contributed by atoms with Crippen LogP contribution in [-0.4, -0.2) is 21.7 Å². The van der Waals surface area contributed by atoms with Crippen LogP contribution in [0.5, 0.6) is 0 Å². The van der Waals surface area contributed by atoms with Gasteiger partial charge in [0.1, 0.15) is 5.15 Å². The van der Waals surface area contributed by atoms with Crippen LogP contribution in [0.4, 0.5) is 0 Å². The van der Waals surface area contributed by atoms with E-state index in [1.165, 1.54) is 18.6 Å². The highest BCUT2D eigenvalue weighted by molar-refractivity contribution is 6.32. The second-order valence-electron chi connectivity index (χ2n) is 8.32. The predicted octanol–water partition coefficient (Wildman–Crippen LogP) is 5.46. The Hall–Kier alpha value is -1.94. The van der Waals surface area contributed by atoms with Gasteiger partial charge in [-0.05, 0) is 49.7 Å². The summed E-state index contributed by atoms with van der Waals surface area (Å²) in [7, 11) is 0. The monoisotopic (exact) mass is 368 g/mol. The van der Waals surface area contributed by atoms with Crippen molar-refractivity contribution in [3.05, 3.63) is 46.7 Å². The summed E-state index contributed by atoms with van der Waals surface area (Å²) >= 11 is 6.56. The molecule has 26 heavy (non-hydrogen) atoms. The summed E-state index contributed by atoms with van der Waals surface area (Å²) in [6.07, 6.45) is 5.34. The first kappa shape index (κ1) is 17.5.